The maximum atomic E-state index is 12.5. The first-order valence-corrected chi connectivity index (χ1v) is 9.31. The molecule has 0 saturated carbocycles. The molecular formula is C20H30NO4+. The second-order valence-corrected chi connectivity index (χ2v) is 7.56. The van der Waals surface area contributed by atoms with Crippen LogP contribution in [0.15, 0.2) is 18.2 Å². The van der Waals surface area contributed by atoms with Crippen LogP contribution < -0.4 is 9.47 Å². The lowest BCUT2D eigenvalue weighted by Crippen LogP contribution is -2.61. The molecule has 25 heavy (non-hydrogen) atoms. The summed E-state index contributed by atoms with van der Waals surface area (Å²) >= 11 is 0. The largest absolute Gasteiger partial charge is 0.493 e. The summed E-state index contributed by atoms with van der Waals surface area (Å²) in [5.74, 6) is 1.35. The van der Waals surface area contributed by atoms with E-state index in [-0.39, 0.29) is 5.97 Å². The Morgan fingerprint density at radius 2 is 1.84 bits per heavy atom. The Morgan fingerprint density at radius 3 is 2.60 bits per heavy atom. The molecule has 0 bridgehead atoms. The molecule has 2 heterocycles. The minimum atomic E-state index is -0.281. The molecule has 2 aliphatic rings. The van der Waals surface area contributed by atoms with Gasteiger partial charge in [0.1, 0.15) is 6.61 Å². The minimum absolute atomic E-state index is 0.281. The van der Waals surface area contributed by atoms with Crippen LogP contribution in [0.5, 0.6) is 11.5 Å². The smallest absolute Gasteiger partial charge is 0.338 e. The molecule has 5 heteroatoms. The van der Waals surface area contributed by atoms with Gasteiger partial charge in [-0.25, -0.2) is 4.79 Å². The van der Waals surface area contributed by atoms with Crippen LogP contribution in [0.3, 0.4) is 0 Å². The number of esters is 1. The molecule has 0 aliphatic carbocycles. The average molecular weight is 348 g/mol. The number of ether oxygens (including phenoxy) is 3. The zero-order chi connectivity index (χ0) is 17.9. The lowest BCUT2D eigenvalue weighted by atomic mass is 9.82. The summed E-state index contributed by atoms with van der Waals surface area (Å²) in [5, 5.41) is 0. The van der Waals surface area contributed by atoms with E-state index in [0.717, 1.165) is 6.42 Å². The molecule has 0 N–H and O–H groups in total. The maximum absolute atomic E-state index is 12.5. The quantitative estimate of drug-likeness (QED) is 0.605. The van der Waals surface area contributed by atoms with Crippen molar-refractivity contribution in [2.24, 2.45) is 5.92 Å². The van der Waals surface area contributed by atoms with E-state index in [2.05, 4.69) is 7.05 Å². The molecule has 2 fully saturated rings. The van der Waals surface area contributed by atoms with Gasteiger partial charge in [-0.2, -0.15) is 0 Å². The van der Waals surface area contributed by atoms with Crippen LogP contribution in [-0.2, 0) is 4.74 Å². The topological polar surface area (TPSA) is 44.8 Å². The molecule has 2 aliphatic heterocycles. The Balaban J connectivity index is 1.64. The highest BCUT2D eigenvalue weighted by Gasteiger charge is 2.43. The summed E-state index contributed by atoms with van der Waals surface area (Å²) in [7, 11) is 5.53. The van der Waals surface area contributed by atoms with Crippen molar-refractivity contribution in [3.63, 3.8) is 0 Å². The number of piperidine rings is 2. The molecule has 0 amide bonds. The first-order valence-electron chi connectivity index (χ1n) is 9.31. The van der Waals surface area contributed by atoms with Crippen molar-refractivity contribution < 1.29 is 23.5 Å². The monoisotopic (exact) mass is 348 g/mol. The lowest BCUT2D eigenvalue weighted by molar-refractivity contribution is -0.947. The van der Waals surface area contributed by atoms with Crippen molar-refractivity contribution in [3.8, 4) is 11.5 Å². The van der Waals surface area contributed by atoms with Gasteiger partial charge >= 0.3 is 5.97 Å². The van der Waals surface area contributed by atoms with Crippen LogP contribution in [-0.4, -0.2) is 57.5 Å². The number of carbonyl (C=O) groups excluding carboxylic acids is 1. The highest BCUT2D eigenvalue weighted by atomic mass is 16.5. The maximum Gasteiger partial charge on any atom is 0.338 e. The fraction of sp³-hybridized carbons (Fsp3) is 0.650. The van der Waals surface area contributed by atoms with Gasteiger partial charge in [0.2, 0.25) is 0 Å². The number of methoxy groups -OCH3 is 2. The lowest BCUT2D eigenvalue weighted by Gasteiger charge is -2.51. The van der Waals surface area contributed by atoms with Crippen molar-refractivity contribution in [1.82, 2.24) is 0 Å². The number of fused-ring (bicyclic) bond motifs is 1. The van der Waals surface area contributed by atoms with Gasteiger partial charge in [0, 0.05) is 12.3 Å². The van der Waals surface area contributed by atoms with Gasteiger partial charge in [-0.15, -0.1) is 0 Å². The van der Waals surface area contributed by atoms with Gasteiger partial charge < -0.3 is 18.7 Å². The summed E-state index contributed by atoms with van der Waals surface area (Å²) < 4.78 is 17.3. The third-order valence-electron chi connectivity index (χ3n) is 6.06. The van der Waals surface area contributed by atoms with E-state index in [4.69, 9.17) is 14.2 Å². The van der Waals surface area contributed by atoms with Crippen molar-refractivity contribution in [2.75, 3.05) is 41.0 Å². The van der Waals surface area contributed by atoms with Gasteiger partial charge in [-0.05, 0) is 43.9 Å². The second-order valence-electron chi connectivity index (χ2n) is 7.56. The minimum Gasteiger partial charge on any atom is -0.493 e. The highest BCUT2D eigenvalue weighted by Crippen LogP contribution is 2.36. The van der Waals surface area contributed by atoms with Crippen molar-refractivity contribution in [3.05, 3.63) is 23.8 Å². The zero-order valence-electron chi connectivity index (χ0n) is 15.6. The normalized spacial score (nSPS) is 28.8. The fourth-order valence-electron chi connectivity index (χ4n) is 4.66. The number of benzene rings is 1. The van der Waals surface area contributed by atoms with E-state index in [1.807, 2.05) is 0 Å². The summed E-state index contributed by atoms with van der Waals surface area (Å²) in [6.07, 6.45) is 6.28. The fourth-order valence-corrected chi connectivity index (χ4v) is 4.66. The Labute approximate surface area is 150 Å². The van der Waals surface area contributed by atoms with Gasteiger partial charge in [0.15, 0.2) is 11.5 Å². The first kappa shape index (κ1) is 18.1. The summed E-state index contributed by atoms with van der Waals surface area (Å²) in [6.45, 7) is 3.06. The number of hydrogen-bond acceptors (Lipinski definition) is 4. The molecule has 0 aromatic heterocycles. The summed E-state index contributed by atoms with van der Waals surface area (Å²) in [6, 6.07) is 5.79. The highest BCUT2D eigenvalue weighted by molar-refractivity contribution is 5.90. The van der Waals surface area contributed by atoms with Gasteiger partial charge in [0.25, 0.3) is 0 Å². The summed E-state index contributed by atoms with van der Waals surface area (Å²) in [4.78, 5) is 12.5. The molecule has 0 radical (unpaired) electrons. The SMILES string of the molecule is COc1ccc(C(=O)OC[C@@H]2CCC[N@+]3(C)CCCC[C@@H]23)cc1OC. The van der Waals surface area contributed by atoms with E-state index < -0.39 is 0 Å². The number of nitrogens with zero attached hydrogens (tertiary/aromatic N) is 1. The van der Waals surface area contributed by atoms with Crippen LogP contribution in [0, 0.1) is 5.92 Å². The van der Waals surface area contributed by atoms with E-state index >= 15 is 0 Å². The van der Waals surface area contributed by atoms with Crippen LogP contribution in [0.4, 0.5) is 0 Å². The van der Waals surface area contributed by atoms with Crippen LogP contribution >= 0.6 is 0 Å². The Hall–Kier alpha value is -1.75. The summed E-state index contributed by atoms with van der Waals surface area (Å²) in [5.41, 5.74) is 0.509. The average Bonchev–Trinajstić information content (AvgIpc) is 2.64. The molecule has 1 aromatic carbocycles. The predicted molar refractivity (Wildman–Crippen MR) is 96.1 cm³/mol. The predicted octanol–water partition coefficient (Wildman–Crippen LogP) is 3.27. The molecule has 1 aromatic rings. The molecule has 0 unspecified atom stereocenters. The molecular weight excluding hydrogens is 318 g/mol. The van der Waals surface area contributed by atoms with E-state index in [1.165, 1.54) is 43.3 Å². The standard InChI is InChI=1S/C20H30NO4/c1-21-11-5-4-8-17(21)16(7-6-12-21)14-25-20(22)15-9-10-18(23-2)19(13-15)24-3/h9-10,13,16-17H,4-8,11-12,14H2,1-3H3/q+1/t16-,17-,21-/m0/s1. The molecule has 138 valence electrons. The number of hydrogen-bond donors (Lipinski definition) is 0. The Bertz CT molecular complexity index is 614. The third kappa shape index (κ3) is 3.76. The number of quaternary nitrogens is 1. The number of rotatable bonds is 5. The Kier molecular flexibility index (Phi) is 5.52. The molecule has 3 atom stereocenters. The second kappa shape index (κ2) is 7.65. The van der Waals surface area contributed by atoms with Crippen molar-refractivity contribution in [1.29, 1.82) is 0 Å². The van der Waals surface area contributed by atoms with E-state index in [9.17, 15) is 4.79 Å². The van der Waals surface area contributed by atoms with Crippen LogP contribution in [0.2, 0.25) is 0 Å². The van der Waals surface area contributed by atoms with Gasteiger partial charge in [-0.1, -0.05) is 0 Å². The van der Waals surface area contributed by atoms with Gasteiger partial charge in [-0.3, -0.25) is 0 Å². The molecule has 2 saturated heterocycles. The van der Waals surface area contributed by atoms with Gasteiger partial charge in [0.05, 0.1) is 46.0 Å². The van der Waals surface area contributed by atoms with Crippen LogP contribution in [0.1, 0.15) is 42.5 Å². The third-order valence-corrected chi connectivity index (χ3v) is 6.06. The van der Waals surface area contributed by atoms with Crippen molar-refractivity contribution >= 4 is 5.97 Å². The van der Waals surface area contributed by atoms with E-state index in [1.54, 1.807) is 32.4 Å². The first-order chi connectivity index (χ1) is 12.1. The number of carbonyl (C=O) groups is 1. The Morgan fingerprint density at radius 1 is 1.08 bits per heavy atom. The molecule has 0 spiro atoms. The van der Waals surface area contributed by atoms with Crippen molar-refractivity contribution in [2.45, 2.75) is 38.1 Å². The molecule has 5 nitrogen and oxygen atoms in total. The molecule has 3 rings (SSSR count). The van der Waals surface area contributed by atoms with E-state index in [0.29, 0.717) is 35.6 Å². The van der Waals surface area contributed by atoms with Crippen LogP contribution in [0.25, 0.3) is 0 Å². The zero-order valence-corrected chi connectivity index (χ0v) is 15.6.